The number of aryl methyl sites for hydroxylation is 1. The van der Waals surface area contributed by atoms with Crippen LogP contribution in [0, 0.1) is 6.92 Å². The molecule has 0 saturated heterocycles. The van der Waals surface area contributed by atoms with Crippen LogP contribution in [-0.4, -0.2) is 27.0 Å². The van der Waals surface area contributed by atoms with Crippen molar-refractivity contribution in [2.75, 3.05) is 13.1 Å². The second-order valence-electron chi connectivity index (χ2n) is 6.35. The molecule has 3 aromatic rings. The maximum absolute atomic E-state index is 13.2. The number of hydrogen-bond donors (Lipinski definition) is 2. The zero-order valence-corrected chi connectivity index (χ0v) is 16.1. The Kier molecular flexibility index (Phi) is 6.13. The van der Waals surface area contributed by atoms with Gasteiger partial charge in [-0.25, -0.2) is 4.98 Å². The predicted molar refractivity (Wildman–Crippen MR) is 107 cm³/mol. The molecule has 0 aliphatic rings. The largest absolute Gasteiger partial charge is 0.330 e. The molecule has 0 bridgehead atoms. The molecule has 6 nitrogen and oxygen atoms in total. The first kappa shape index (κ1) is 18.7. The van der Waals surface area contributed by atoms with Crippen LogP contribution in [-0.2, 0) is 6.54 Å². The van der Waals surface area contributed by atoms with Gasteiger partial charge in [-0.3, -0.25) is 9.36 Å². The van der Waals surface area contributed by atoms with E-state index in [2.05, 4.69) is 16.6 Å². The number of nitrogens with two attached hydrogens (primary N) is 1. The highest BCUT2D eigenvalue weighted by atomic mass is 32.1. The highest BCUT2D eigenvalue weighted by molar-refractivity contribution is 7.12. The van der Waals surface area contributed by atoms with Crippen molar-refractivity contribution >= 4 is 21.7 Å². The minimum Gasteiger partial charge on any atom is -0.330 e. The Balaban J connectivity index is 2.09. The third-order valence-corrected chi connectivity index (χ3v) is 5.30. The fourth-order valence-electron chi connectivity index (χ4n) is 3.07. The molecule has 0 aliphatic carbocycles. The molecule has 3 rings (SSSR count). The second kappa shape index (κ2) is 8.53. The Morgan fingerprint density at radius 1 is 1.31 bits per heavy atom. The minimum absolute atomic E-state index is 0.00442. The molecule has 3 N–H and O–H groups in total. The van der Waals surface area contributed by atoms with Gasteiger partial charge in [0.05, 0.1) is 23.7 Å². The molecule has 0 saturated carbocycles. The van der Waals surface area contributed by atoms with Gasteiger partial charge in [0.25, 0.3) is 5.56 Å². The summed E-state index contributed by atoms with van der Waals surface area (Å²) in [4.78, 5) is 18.8. The number of aromatic nitrogens is 3. The van der Waals surface area contributed by atoms with E-state index in [4.69, 9.17) is 10.7 Å². The van der Waals surface area contributed by atoms with Crippen LogP contribution in [0.5, 0.6) is 0 Å². The van der Waals surface area contributed by atoms with Gasteiger partial charge < -0.3 is 11.1 Å². The molecule has 2 aromatic heterocycles. The molecule has 2 heterocycles. The van der Waals surface area contributed by atoms with Gasteiger partial charge in [-0.15, -0.1) is 0 Å². The Bertz CT molecular complexity index is 919. The zero-order chi connectivity index (χ0) is 18.5. The highest BCUT2D eigenvalue weighted by Gasteiger charge is 2.21. The van der Waals surface area contributed by atoms with Gasteiger partial charge in [-0.05, 0) is 50.0 Å². The van der Waals surface area contributed by atoms with E-state index in [9.17, 15) is 4.79 Å². The lowest BCUT2D eigenvalue weighted by atomic mass is 10.1. The topological polar surface area (TPSA) is 85.8 Å². The van der Waals surface area contributed by atoms with E-state index in [0.29, 0.717) is 23.3 Å². The van der Waals surface area contributed by atoms with Crippen molar-refractivity contribution in [2.24, 2.45) is 5.73 Å². The molecule has 0 amide bonds. The lowest BCUT2D eigenvalue weighted by molar-refractivity contribution is 0.464. The zero-order valence-electron chi connectivity index (χ0n) is 15.2. The molecule has 1 aromatic carbocycles. The molecule has 0 fully saturated rings. The predicted octanol–water partition coefficient (Wildman–Crippen LogP) is 2.60. The molecule has 0 spiro atoms. The third kappa shape index (κ3) is 3.85. The molecule has 0 aliphatic heterocycles. The van der Waals surface area contributed by atoms with Crippen LogP contribution in [0.25, 0.3) is 10.2 Å². The van der Waals surface area contributed by atoms with Crippen molar-refractivity contribution < 1.29 is 0 Å². The average Bonchev–Trinajstić information content (AvgIpc) is 3.03. The van der Waals surface area contributed by atoms with Crippen LogP contribution in [0.3, 0.4) is 0 Å². The van der Waals surface area contributed by atoms with E-state index in [0.717, 1.165) is 36.5 Å². The number of nitrogens with zero attached hydrogens (tertiary/aromatic N) is 3. The van der Waals surface area contributed by atoms with Gasteiger partial charge in [0.15, 0.2) is 4.83 Å². The summed E-state index contributed by atoms with van der Waals surface area (Å²) in [6, 6.07) is 10.0. The molecule has 138 valence electrons. The van der Waals surface area contributed by atoms with E-state index >= 15 is 0 Å². The van der Waals surface area contributed by atoms with Crippen LogP contribution in [0.15, 0.2) is 35.1 Å². The first-order valence-corrected chi connectivity index (χ1v) is 9.77. The van der Waals surface area contributed by atoms with Gasteiger partial charge in [-0.2, -0.15) is 4.37 Å². The molecular formula is C19H25N5OS. The summed E-state index contributed by atoms with van der Waals surface area (Å²) >= 11 is 1.29. The first-order chi connectivity index (χ1) is 12.7. The van der Waals surface area contributed by atoms with Gasteiger partial charge in [0.1, 0.15) is 5.82 Å². The Morgan fingerprint density at radius 3 is 2.77 bits per heavy atom. The van der Waals surface area contributed by atoms with Crippen molar-refractivity contribution in [1.82, 2.24) is 19.2 Å². The Hall–Kier alpha value is -2.09. The molecule has 0 radical (unpaired) electrons. The van der Waals surface area contributed by atoms with E-state index in [1.807, 2.05) is 37.3 Å². The smallest absolute Gasteiger partial charge is 0.264 e. The van der Waals surface area contributed by atoms with Gasteiger partial charge in [0.2, 0.25) is 0 Å². The first-order valence-electron chi connectivity index (χ1n) is 8.99. The van der Waals surface area contributed by atoms with Gasteiger partial charge >= 0.3 is 0 Å². The number of hydrogen-bond acceptors (Lipinski definition) is 6. The molecular weight excluding hydrogens is 346 g/mol. The fraction of sp³-hybridized carbons (Fsp3) is 0.421. The summed E-state index contributed by atoms with van der Waals surface area (Å²) in [6.45, 7) is 5.91. The maximum Gasteiger partial charge on any atom is 0.264 e. The van der Waals surface area contributed by atoms with Crippen LogP contribution < -0.4 is 16.6 Å². The van der Waals surface area contributed by atoms with Crippen LogP contribution >= 0.6 is 11.5 Å². The lowest BCUT2D eigenvalue weighted by Gasteiger charge is -2.21. The highest BCUT2D eigenvalue weighted by Crippen LogP contribution is 2.22. The normalized spacial score (nSPS) is 12.6. The van der Waals surface area contributed by atoms with Crippen LogP contribution in [0.1, 0.15) is 42.9 Å². The van der Waals surface area contributed by atoms with E-state index < -0.39 is 0 Å². The summed E-state index contributed by atoms with van der Waals surface area (Å²) < 4.78 is 6.13. The molecule has 1 unspecified atom stereocenters. The van der Waals surface area contributed by atoms with E-state index in [1.54, 1.807) is 4.57 Å². The molecule has 7 heteroatoms. The standard InChI is InChI=1S/C19H25N5OS/c1-3-15(21-11-7-10-20)17-22-18-16(13(2)23-26-18)19(25)24(17)12-14-8-5-4-6-9-14/h4-6,8-9,15,21H,3,7,10-12,20H2,1-2H3. The monoisotopic (exact) mass is 371 g/mol. The fourth-order valence-corrected chi connectivity index (χ4v) is 3.84. The summed E-state index contributed by atoms with van der Waals surface area (Å²) in [5, 5.41) is 4.12. The summed E-state index contributed by atoms with van der Waals surface area (Å²) in [5.74, 6) is 0.773. The SMILES string of the molecule is CCC(NCCCN)c1nc2snc(C)c2c(=O)n1Cc1ccccc1. The van der Waals surface area contributed by atoms with Crippen molar-refractivity contribution in [3.63, 3.8) is 0 Å². The third-order valence-electron chi connectivity index (χ3n) is 4.47. The minimum atomic E-state index is -0.0147. The Labute approximate surface area is 157 Å². The van der Waals surface area contributed by atoms with Gasteiger partial charge in [-0.1, -0.05) is 37.3 Å². The molecule has 1 atom stereocenters. The Morgan fingerprint density at radius 2 is 2.08 bits per heavy atom. The second-order valence-corrected chi connectivity index (χ2v) is 7.10. The van der Waals surface area contributed by atoms with Crippen molar-refractivity contribution in [2.45, 2.75) is 39.3 Å². The average molecular weight is 372 g/mol. The van der Waals surface area contributed by atoms with Crippen molar-refractivity contribution in [3.8, 4) is 0 Å². The van der Waals surface area contributed by atoms with Gasteiger partial charge in [0, 0.05) is 0 Å². The quantitative estimate of drug-likeness (QED) is 0.595. The lowest BCUT2D eigenvalue weighted by Crippen LogP contribution is -2.33. The van der Waals surface area contributed by atoms with E-state index in [-0.39, 0.29) is 11.6 Å². The van der Waals surface area contributed by atoms with Crippen LogP contribution in [0.4, 0.5) is 0 Å². The number of benzene rings is 1. The number of nitrogens with one attached hydrogen (secondary N) is 1. The maximum atomic E-state index is 13.2. The van der Waals surface area contributed by atoms with Crippen molar-refractivity contribution in [1.29, 1.82) is 0 Å². The number of rotatable bonds is 8. The summed E-state index contributed by atoms with van der Waals surface area (Å²) in [5.41, 5.74) is 7.42. The summed E-state index contributed by atoms with van der Waals surface area (Å²) in [6.07, 6.45) is 1.73. The molecule has 26 heavy (non-hydrogen) atoms. The summed E-state index contributed by atoms with van der Waals surface area (Å²) in [7, 11) is 0. The number of fused-ring (bicyclic) bond motifs is 1. The van der Waals surface area contributed by atoms with E-state index in [1.165, 1.54) is 11.5 Å². The van der Waals surface area contributed by atoms with Crippen molar-refractivity contribution in [3.05, 3.63) is 57.8 Å². The van der Waals surface area contributed by atoms with Crippen LogP contribution in [0.2, 0.25) is 0 Å².